The molecule has 0 aliphatic carbocycles. The number of nitrogens with one attached hydrogen (secondary N) is 1. The predicted octanol–water partition coefficient (Wildman–Crippen LogP) is 3.76. The second-order valence-electron chi connectivity index (χ2n) is 4.85. The van der Waals surface area contributed by atoms with Gasteiger partial charge in [0.1, 0.15) is 11.9 Å². The van der Waals surface area contributed by atoms with Crippen molar-refractivity contribution < 1.29 is 9.18 Å². The second-order valence-corrected chi connectivity index (χ2v) is 6.24. The number of aromatic nitrogens is 2. The summed E-state index contributed by atoms with van der Waals surface area (Å²) >= 11 is 7.52. The minimum Gasteiger partial charge on any atom is -0.349 e. The first-order valence-corrected chi connectivity index (χ1v) is 8.16. The van der Waals surface area contributed by atoms with Gasteiger partial charge in [0.05, 0.1) is 10.6 Å². The van der Waals surface area contributed by atoms with Crippen LogP contribution in [0.15, 0.2) is 54.2 Å². The molecule has 0 bridgehead atoms. The lowest BCUT2D eigenvalue weighted by atomic mass is 10.2. The fourth-order valence-electron chi connectivity index (χ4n) is 2.23. The molecular formula is C16H13ClFN3OS. The van der Waals surface area contributed by atoms with Crippen molar-refractivity contribution >= 4 is 28.8 Å². The largest absolute Gasteiger partial charge is 0.349 e. The summed E-state index contributed by atoms with van der Waals surface area (Å²) in [5.74, 6) is -0.816. The van der Waals surface area contributed by atoms with Crippen LogP contribution in [-0.4, -0.2) is 22.2 Å². The van der Waals surface area contributed by atoms with Crippen molar-refractivity contribution in [2.75, 3.05) is 6.54 Å². The van der Waals surface area contributed by atoms with Crippen LogP contribution in [0.3, 0.4) is 0 Å². The van der Waals surface area contributed by atoms with Crippen molar-refractivity contribution in [1.82, 2.24) is 15.1 Å². The summed E-state index contributed by atoms with van der Waals surface area (Å²) in [7, 11) is 0. The molecule has 1 amide bonds. The van der Waals surface area contributed by atoms with E-state index in [1.165, 1.54) is 12.1 Å². The van der Waals surface area contributed by atoms with E-state index in [4.69, 9.17) is 11.6 Å². The number of carbonyl (C=O) groups excluding carboxylic acids is 1. The molecule has 3 rings (SSSR count). The molecule has 0 spiro atoms. The Morgan fingerprint density at radius 1 is 1.39 bits per heavy atom. The molecule has 0 saturated carbocycles. The summed E-state index contributed by atoms with van der Waals surface area (Å²) in [5, 5.41) is 9.15. The molecule has 1 unspecified atom stereocenters. The first-order chi connectivity index (χ1) is 11.1. The van der Waals surface area contributed by atoms with Crippen LogP contribution in [0.1, 0.15) is 21.3 Å². The summed E-state index contributed by atoms with van der Waals surface area (Å²) in [6, 6.07) is 9.39. The van der Waals surface area contributed by atoms with Gasteiger partial charge in [0.15, 0.2) is 0 Å². The van der Waals surface area contributed by atoms with E-state index in [0.717, 1.165) is 10.9 Å². The Balaban J connectivity index is 1.75. The van der Waals surface area contributed by atoms with E-state index in [9.17, 15) is 9.18 Å². The highest BCUT2D eigenvalue weighted by atomic mass is 35.5. The molecule has 7 heteroatoms. The van der Waals surface area contributed by atoms with Crippen LogP contribution in [0.5, 0.6) is 0 Å². The summed E-state index contributed by atoms with van der Waals surface area (Å²) in [6.07, 6.45) is 3.54. The van der Waals surface area contributed by atoms with E-state index < -0.39 is 5.82 Å². The maximum absolute atomic E-state index is 13.1. The molecule has 118 valence electrons. The highest BCUT2D eigenvalue weighted by molar-refractivity contribution is 7.10. The first kappa shape index (κ1) is 15.7. The summed E-state index contributed by atoms with van der Waals surface area (Å²) in [5.41, 5.74) is 0.249. The van der Waals surface area contributed by atoms with E-state index >= 15 is 0 Å². The van der Waals surface area contributed by atoms with Crippen LogP contribution in [0, 0.1) is 5.82 Å². The van der Waals surface area contributed by atoms with Crippen LogP contribution < -0.4 is 5.32 Å². The molecule has 4 nitrogen and oxygen atoms in total. The lowest BCUT2D eigenvalue weighted by Crippen LogP contribution is -2.31. The molecule has 23 heavy (non-hydrogen) atoms. The summed E-state index contributed by atoms with van der Waals surface area (Å²) in [4.78, 5) is 13.4. The van der Waals surface area contributed by atoms with Crippen molar-refractivity contribution in [3.05, 3.63) is 75.5 Å². The third-order valence-electron chi connectivity index (χ3n) is 3.35. The topological polar surface area (TPSA) is 46.9 Å². The van der Waals surface area contributed by atoms with Gasteiger partial charge in [0, 0.05) is 23.8 Å². The molecular weight excluding hydrogens is 337 g/mol. The molecule has 1 aromatic carbocycles. The number of amides is 1. The molecule has 2 aromatic heterocycles. The smallest absolute Gasteiger partial charge is 0.252 e. The maximum atomic E-state index is 13.1. The van der Waals surface area contributed by atoms with Gasteiger partial charge < -0.3 is 5.32 Å². The van der Waals surface area contributed by atoms with Gasteiger partial charge in [0.25, 0.3) is 5.91 Å². The quantitative estimate of drug-likeness (QED) is 0.762. The van der Waals surface area contributed by atoms with Gasteiger partial charge >= 0.3 is 0 Å². The van der Waals surface area contributed by atoms with Gasteiger partial charge in [-0.3, -0.25) is 9.48 Å². The maximum Gasteiger partial charge on any atom is 0.252 e. The molecule has 0 aliphatic heterocycles. The number of benzene rings is 1. The highest BCUT2D eigenvalue weighted by Crippen LogP contribution is 2.22. The normalized spacial score (nSPS) is 12.1. The van der Waals surface area contributed by atoms with Crippen LogP contribution in [-0.2, 0) is 0 Å². The Morgan fingerprint density at radius 2 is 2.26 bits per heavy atom. The second kappa shape index (κ2) is 6.93. The highest BCUT2D eigenvalue weighted by Gasteiger charge is 2.18. The van der Waals surface area contributed by atoms with Crippen LogP contribution in [0.4, 0.5) is 4.39 Å². The zero-order chi connectivity index (χ0) is 16.2. The Hall–Kier alpha value is -2.18. The fourth-order valence-corrected chi connectivity index (χ4v) is 3.30. The number of carbonyl (C=O) groups is 1. The van der Waals surface area contributed by atoms with Crippen LogP contribution in [0.25, 0.3) is 0 Å². The third kappa shape index (κ3) is 3.60. The Kier molecular flexibility index (Phi) is 4.73. The number of hydrogen-bond acceptors (Lipinski definition) is 3. The average Bonchev–Trinajstić information content (AvgIpc) is 3.21. The van der Waals surface area contributed by atoms with Gasteiger partial charge in [-0.25, -0.2) is 4.39 Å². The van der Waals surface area contributed by atoms with Crippen molar-refractivity contribution in [3.63, 3.8) is 0 Å². The van der Waals surface area contributed by atoms with Gasteiger partial charge in [-0.2, -0.15) is 5.10 Å². The minimum atomic E-state index is -0.473. The summed E-state index contributed by atoms with van der Waals surface area (Å²) in [6.45, 7) is 0.356. The van der Waals surface area contributed by atoms with E-state index in [1.54, 1.807) is 22.2 Å². The molecule has 1 N–H and O–H groups in total. The Morgan fingerprint density at radius 3 is 2.91 bits per heavy atom. The van der Waals surface area contributed by atoms with Crippen LogP contribution >= 0.6 is 22.9 Å². The monoisotopic (exact) mass is 349 g/mol. The minimum absolute atomic E-state index is 0.0919. The standard InChI is InChI=1S/C16H13ClFN3OS/c17-13-9-11(18)4-5-12(13)16(22)19-10-14(15-3-1-8-23-15)21-7-2-6-20-21/h1-9,14H,10H2,(H,19,22). The predicted molar refractivity (Wildman–Crippen MR) is 88.4 cm³/mol. The fraction of sp³-hybridized carbons (Fsp3) is 0.125. The number of hydrogen-bond donors (Lipinski definition) is 1. The molecule has 0 aliphatic rings. The molecule has 0 saturated heterocycles. The Bertz CT molecular complexity index is 756. The number of thiophene rings is 1. The van der Waals surface area contributed by atoms with Crippen molar-refractivity contribution in [2.45, 2.75) is 6.04 Å². The lowest BCUT2D eigenvalue weighted by molar-refractivity contribution is 0.0949. The Labute approximate surface area is 141 Å². The van der Waals surface area contributed by atoms with E-state index in [0.29, 0.717) is 6.54 Å². The van der Waals surface area contributed by atoms with E-state index in [2.05, 4.69) is 10.4 Å². The molecule has 0 fully saturated rings. The molecule has 2 heterocycles. The third-order valence-corrected chi connectivity index (χ3v) is 4.63. The molecule has 0 radical (unpaired) electrons. The van der Waals surface area contributed by atoms with Crippen molar-refractivity contribution in [2.24, 2.45) is 0 Å². The van der Waals surface area contributed by atoms with Gasteiger partial charge in [-0.1, -0.05) is 17.7 Å². The van der Waals surface area contributed by atoms with Crippen molar-refractivity contribution in [3.8, 4) is 0 Å². The number of nitrogens with zero attached hydrogens (tertiary/aromatic N) is 2. The SMILES string of the molecule is O=C(NCC(c1cccs1)n1cccn1)c1ccc(F)cc1Cl. The number of halogens is 2. The van der Waals surface area contributed by atoms with Gasteiger partial charge in [-0.15, -0.1) is 11.3 Å². The lowest BCUT2D eigenvalue weighted by Gasteiger charge is -2.17. The number of rotatable bonds is 5. The zero-order valence-electron chi connectivity index (χ0n) is 11.9. The van der Waals surface area contributed by atoms with Crippen molar-refractivity contribution in [1.29, 1.82) is 0 Å². The van der Waals surface area contributed by atoms with Gasteiger partial charge in [-0.05, 0) is 35.7 Å². The molecule has 1 atom stereocenters. The average molecular weight is 350 g/mol. The van der Waals surface area contributed by atoms with Crippen LogP contribution in [0.2, 0.25) is 5.02 Å². The van der Waals surface area contributed by atoms with E-state index in [-0.39, 0.29) is 22.5 Å². The van der Waals surface area contributed by atoms with Gasteiger partial charge in [0.2, 0.25) is 0 Å². The first-order valence-electron chi connectivity index (χ1n) is 6.91. The molecule has 3 aromatic rings. The van der Waals surface area contributed by atoms with E-state index in [1.807, 2.05) is 29.8 Å². The zero-order valence-corrected chi connectivity index (χ0v) is 13.5. The summed E-state index contributed by atoms with van der Waals surface area (Å²) < 4.78 is 14.9.